The third-order valence-corrected chi connectivity index (χ3v) is 5.72. The molecule has 0 amide bonds. The second kappa shape index (κ2) is 10.6. The van der Waals surface area contributed by atoms with Gasteiger partial charge in [0, 0.05) is 29.6 Å². The van der Waals surface area contributed by atoms with Crippen LogP contribution < -0.4 is 10.9 Å². The number of aromatic nitrogens is 1. The lowest BCUT2D eigenvalue weighted by molar-refractivity contribution is 0.383. The molecule has 0 bridgehead atoms. The molecule has 2 aromatic carbocycles. The summed E-state index contributed by atoms with van der Waals surface area (Å²) < 4.78 is 0. The summed E-state index contributed by atoms with van der Waals surface area (Å²) in [6.45, 7) is 7.01. The maximum absolute atomic E-state index is 12.9. The number of nitrogens with one attached hydrogen (secondary N) is 2. The van der Waals surface area contributed by atoms with Gasteiger partial charge < -0.3 is 20.1 Å². The van der Waals surface area contributed by atoms with E-state index in [0.717, 1.165) is 47.1 Å². The molecule has 0 aliphatic heterocycles. The molecule has 5 nitrogen and oxygen atoms in total. The molecule has 0 spiro atoms. The molecule has 0 aliphatic rings. The number of pyridine rings is 1. The SMILES string of the molecule is Cc1cc(C)c2cc(CN(Cc3ccccc3)C(=S)NCCCN(C)C)c(=O)[nH]c2c1. The molecule has 0 unspecified atom stereocenters. The molecule has 0 fully saturated rings. The molecule has 0 radical (unpaired) electrons. The summed E-state index contributed by atoms with van der Waals surface area (Å²) in [7, 11) is 4.13. The van der Waals surface area contributed by atoms with Crippen molar-refractivity contribution in [2.75, 3.05) is 27.2 Å². The number of hydrogen-bond donors (Lipinski definition) is 2. The average molecular weight is 437 g/mol. The molecule has 0 aliphatic carbocycles. The Morgan fingerprint density at radius 2 is 1.81 bits per heavy atom. The standard InChI is InChI=1S/C25H32N4OS/c1-18-13-19(2)22-15-21(24(30)27-23(22)14-18)17-29(16-20-9-6-5-7-10-20)25(31)26-11-8-12-28(3)4/h5-7,9-10,13-15H,8,11-12,16-17H2,1-4H3,(H,26,31)(H,27,30). The van der Waals surface area contributed by atoms with E-state index in [4.69, 9.17) is 12.2 Å². The van der Waals surface area contributed by atoms with E-state index in [0.29, 0.717) is 23.8 Å². The fourth-order valence-corrected chi connectivity index (χ4v) is 3.98. The Hall–Kier alpha value is -2.70. The molecule has 0 saturated heterocycles. The molecule has 3 aromatic rings. The van der Waals surface area contributed by atoms with Gasteiger partial charge in [-0.05, 0) is 81.9 Å². The molecule has 0 atom stereocenters. The number of H-pyrrole nitrogens is 1. The van der Waals surface area contributed by atoms with E-state index < -0.39 is 0 Å². The number of nitrogens with zero attached hydrogens (tertiary/aromatic N) is 2. The zero-order chi connectivity index (χ0) is 22.4. The van der Waals surface area contributed by atoms with Gasteiger partial charge in [0.25, 0.3) is 5.56 Å². The maximum Gasteiger partial charge on any atom is 0.253 e. The first-order valence-electron chi connectivity index (χ1n) is 10.7. The number of aromatic amines is 1. The van der Waals surface area contributed by atoms with E-state index >= 15 is 0 Å². The smallest absolute Gasteiger partial charge is 0.253 e. The van der Waals surface area contributed by atoms with Gasteiger partial charge >= 0.3 is 0 Å². The van der Waals surface area contributed by atoms with E-state index in [1.165, 1.54) is 0 Å². The molecule has 1 heterocycles. The zero-order valence-electron chi connectivity index (χ0n) is 18.9. The summed E-state index contributed by atoms with van der Waals surface area (Å²) in [6, 6.07) is 16.4. The molecular weight excluding hydrogens is 404 g/mol. The number of aryl methyl sites for hydroxylation is 2. The summed E-state index contributed by atoms with van der Waals surface area (Å²) in [4.78, 5) is 20.1. The highest BCUT2D eigenvalue weighted by molar-refractivity contribution is 7.80. The third kappa shape index (κ3) is 6.39. The van der Waals surface area contributed by atoms with Crippen LogP contribution in [0.1, 0.15) is 28.7 Å². The van der Waals surface area contributed by atoms with Crippen LogP contribution in [-0.2, 0) is 13.1 Å². The highest BCUT2D eigenvalue weighted by Crippen LogP contribution is 2.19. The summed E-state index contributed by atoms with van der Waals surface area (Å²) in [5.74, 6) is 0. The molecule has 2 N–H and O–H groups in total. The normalized spacial score (nSPS) is 11.1. The summed E-state index contributed by atoms with van der Waals surface area (Å²) >= 11 is 5.72. The van der Waals surface area contributed by atoms with Gasteiger partial charge in [-0.25, -0.2) is 0 Å². The molecule has 0 saturated carbocycles. The Labute approximate surface area is 190 Å². The highest BCUT2D eigenvalue weighted by Gasteiger charge is 2.14. The van der Waals surface area contributed by atoms with Crippen molar-refractivity contribution < 1.29 is 0 Å². The summed E-state index contributed by atoms with van der Waals surface area (Å²) in [6.07, 6.45) is 1.00. The minimum absolute atomic E-state index is 0.0639. The van der Waals surface area contributed by atoms with Crippen molar-refractivity contribution in [3.8, 4) is 0 Å². The fraction of sp³-hybridized carbons (Fsp3) is 0.360. The van der Waals surface area contributed by atoms with E-state index in [9.17, 15) is 4.79 Å². The van der Waals surface area contributed by atoms with Crippen molar-refractivity contribution in [1.29, 1.82) is 0 Å². The number of benzene rings is 2. The van der Waals surface area contributed by atoms with Gasteiger partial charge in [0.05, 0.1) is 6.54 Å². The van der Waals surface area contributed by atoms with Crippen LogP contribution in [-0.4, -0.2) is 47.1 Å². The Kier molecular flexibility index (Phi) is 7.82. The van der Waals surface area contributed by atoms with Crippen LogP contribution in [0, 0.1) is 13.8 Å². The van der Waals surface area contributed by atoms with Crippen LogP contribution in [0.25, 0.3) is 10.9 Å². The first-order chi connectivity index (χ1) is 14.8. The summed E-state index contributed by atoms with van der Waals surface area (Å²) in [5, 5.41) is 5.12. The molecule has 164 valence electrons. The van der Waals surface area contributed by atoms with Crippen LogP contribution >= 0.6 is 12.2 Å². The number of rotatable bonds is 8. The fourth-order valence-electron chi connectivity index (χ4n) is 3.74. The largest absolute Gasteiger partial charge is 0.363 e. The van der Waals surface area contributed by atoms with Crippen LogP contribution in [0.4, 0.5) is 0 Å². The van der Waals surface area contributed by atoms with E-state index in [2.05, 4.69) is 59.3 Å². The average Bonchev–Trinajstić information content (AvgIpc) is 2.72. The zero-order valence-corrected chi connectivity index (χ0v) is 19.7. The van der Waals surface area contributed by atoms with Gasteiger partial charge in [-0.1, -0.05) is 36.4 Å². The van der Waals surface area contributed by atoms with Crippen LogP contribution in [0.15, 0.2) is 53.3 Å². The van der Waals surface area contributed by atoms with Crippen molar-refractivity contribution in [3.05, 3.63) is 81.1 Å². The van der Waals surface area contributed by atoms with E-state index in [1.807, 2.05) is 37.3 Å². The van der Waals surface area contributed by atoms with Gasteiger partial charge in [0.15, 0.2) is 5.11 Å². The van der Waals surface area contributed by atoms with Crippen molar-refractivity contribution in [3.63, 3.8) is 0 Å². The van der Waals surface area contributed by atoms with Gasteiger partial charge in [-0.3, -0.25) is 4.79 Å². The Morgan fingerprint density at radius 1 is 1.06 bits per heavy atom. The lowest BCUT2D eigenvalue weighted by Crippen LogP contribution is -2.40. The van der Waals surface area contributed by atoms with Crippen LogP contribution in [0.3, 0.4) is 0 Å². The lowest BCUT2D eigenvalue weighted by Gasteiger charge is -2.26. The molecule has 3 rings (SSSR count). The van der Waals surface area contributed by atoms with E-state index in [-0.39, 0.29) is 5.56 Å². The molecular formula is C25H32N4OS. The third-order valence-electron chi connectivity index (χ3n) is 5.31. The second-order valence-corrected chi connectivity index (χ2v) is 8.78. The van der Waals surface area contributed by atoms with Crippen molar-refractivity contribution >= 4 is 28.2 Å². The van der Waals surface area contributed by atoms with E-state index in [1.54, 1.807) is 0 Å². The van der Waals surface area contributed by atoms with Crippen molar-refractivity contribution in [2.24, 2.45) is 0 Å². The number of thiocarbonyl (C=S) groups is 1. The Bertz CT molecular complexity index is 1090. The first kappa shape index (κ1) is 23.0. The minimum Gasteiger partial charge on any atom is -0.363 e. The second-order valence-electron chi connectivity index (χ2n) is 8.40. The highest BCUT2D eigenvalue weighted by atomic mass is 32.1. The molecule has 31 heavy (non-hydrogen) atoms. The number of fused-ring (bicyclic) bond motifs is 1. The quantitative estimate of drug-likeness (QED) is 0.413. The number of hydrogen-bond acceptors (Lipinski definition) is 3. The Balaban J connectivity index is 1.84. The molecule has 6 heteroatoms. The van der Waals surface area contributed by atoms with Crippen LogP contribution in [0.5, 0.6) is 0 Å². The van der Waals surface area contributed by atoms with Gasteiger partial charge in [0.2, 0.25) is 0 Å². The van der Waals surface area contributed by atoms with Crippen LogP contribution in [0.2, 0.25) is 0 Å². The summed E-state index contributed by atoms with van der Waals surface area (Å²) in [5.41, 5.74) is 4.99. The van der Waals surface area contributed by atoms with Gasteiger partial charge in [-0.2, -0.15) is 0 Å². The minimum atomic E-state index is -0.0639. The first-order valence-corrected chi connectivity index (χ1v) is 11.1. The molecule has 1 aromatic heterocycles. The van der Waals surface area contributed by atoms with Crippen molar-refractivity contribution in [1.82, 2.24) is 20.1 Å². The Morgan fingerprint density at radius 3 is 2.52 bits per heavy atom. The maximum atomic E-state index is 12.9. The predicted octanol–water partition coefficient (Wildman–Crippen LogP) is 3.97. The predicted molar refractivity (Wildman–Crippen MR) is 134 cm³/mol. The topological polar surface area (TPSA) is 51.4 Å². The van der Waals surface area contributed by atoms with Gasteiger partial charge in [0.1, 0.15) is 0 Å². The lowest BCUT2D eigenvalue weighted by atomic mass is 10.0. The van der Waals surface area contributed by atoms with Crippen molar-refractivity contribution in [2.45, 2.75) is 33.4 Å². The monoisotopic (exact) mass is 436 g/mol. The van der Waals surface area contributed by atoms with Gasteiger partial charge in [-0.15, -0.1) is 0 Å².